The topological polar surface area (TPSA) is 29.5 Å². The lowest BCUT2D eigenvalue weighted by atomic mass is 9.98. The van der Waals surface area contributed by atoms with Gasteiger partial charge in [0.1, 0.15) is 0 Å². The summed E-state index contributed by atoms with van der Waals surface area (Å²) in [6.45, 7) is 1.87. The molecule has 0 saturated carbocycles. The second-order valence-corrected chi connectivity index (χ2v) is 7.69. The number of methoxy groups -OCH3 is 1. The molecule has 0 bridgehead atoms. The Hall–Kier alpha value is -2.73. The van der Waals surface area contributed by atoms with Gasteiger partial charge in [0.15, 0.2) is 11.6 Å². The van der Waals surface area contributed by atoms with Crippen molar-refractivity contribution in [3.8, 4) is 21.6 Å². The van der Waals surface area contributed by atoms with Gasteiger partial charge in [-0.2, -0.15) is 0 Å². The maximum atomic E-state index is 14.6. The molecule has 0 atom stereocenters. The van der Waals surface area contributed by atoms with Crippen molar-refractivity contribution in [3.05, 3.63) is 65.7 Å². The molecule has 0 unspecified atom stereocenters. The van der Waals surface area contributed by atoms with Crippen LogP contribution in [-0.4, -0.2) is 26.2 Å². The quantitative estimate of drug-likeness (QED) is 0.524. The molecule has 0 N–H and O–H groups in total. The third kappa shape index (κ3) is 3.29. The van der Waals surface area contributed by atoms with Crippen LogP contribution < -0.4 is 4.90 Å². The number of anilines is 1. The van der Waals surface area contributed by atoms with Crippen molar-refractivity contribution in [1.29, 1.82) is 0 Å². The minimum Gasteiger partial charge on any atom is -0.465 e. The Bertz CT molecular complexity index is 1030. The van der Waals surface area contributed by atoms with Gasteiger partial charge < -0.3 is 9.64 Å². The lowest BCUT2D eigenvalue weighted by Crippen LogP contribution is -2.15. The van der Waals surface area contributed by atoms with Crippen molar-refractivity contribution in [2.24, 2.45) is 0 Å². The van der Waals surface area contributed by atoms with Crippen molar-refractivity contribution < 1.29 is 18.3 Å². The predicted octanol–water partition coefficient (Wildman–Crippen LogP) is 5.75. The molecule has 0 radical (unpaired) electrons. The first kappa shape index (κ1) is 18.6. The van der Waals surface area contributed by atoms with E-state index in [1.165, 1.54) is 24.5 Å². The molecule has 1 aliphatic rings. The second-order valence-electron chi connectivity index (χ2n) is 6.66. The number of rotatable bonds is 4. The summed E-state index contributed by atoms with van der Waals surface area (Å²) < 4.78 is 33.4. The molecule has 1 saturated heterocycles. The van der Waals surface area contributed by atoms with Crippen LogP contribution in [0.15, 0.2) is 48.5 Å². The predicted molar refractivity (Wildman–Crippen MR) is 108 cm³/mol. The number of carbonyl (C=O) groups is 1. The number of thiophene rings is 1. The number of ether oxygens (including phenoxy) is 1. The van der Waals surface area contributed by atoms with Gasteiger partial charge in [-0.1, -0.05) is 30.3 Å². The molecule has 6 heteroatoms. The molecule has 0 spiro atoms. The molecule has 2 aromatic carbocycles. The third-order valence-electron chi connectivity index (χ3n) is 4.96. The Kier molecular flexibility index (Phi) is 5.13. The normalized spacial score (nSPS) is 13.8. The van der Waals surface area contributed by atoms with Crippen LogP contribution >= 0.6 is 11.3 Å². The zero-order valence-corrected chi connectivity index (χ0v) is 16.2. The maximum absolute atomic E-state index is 14.6. The highest BCUT2D eigenvalue weighted by Gasteiger charge is 2.24. The van der Waals surface area contributed by atoms with Gasteiger partial charge in [0.25, 0.3) is 0 Å². The Balaban J connectivity index is 1.94. The van der Waals surface area contributed by atoms with Crippen LogP contribution in [-0.2, 0) is 4.74 Å². The minimum atomic E-state index is -0.890. The van der Waals surface area contributed by atoms with Gasteiger partial charge in [0, 0.05) is 34.7 Å². The second kappa shape index (κ2) is 7.72. The average molecular weight is 399 g/mol. The van der Waals surface area contributed by atoms with Gasteiger partial charge in [-0.25, -0.2) is 13.6 Å². The van der Waals surface area contributed by atoms with Gasteiger partial charge in [0.05, 0.1) is 17.7 Å². The van der Waals surface area contributed by atoms with Gasteiger partial charge >= 0.3 is 5.97 Å². The van der Waals surface area contributed by atoms with E-state index in [0.717, 1.165) is 41.9 Å². The Morgan fingerprint density at radius 2 is 1.71 bits per heavy atom. The van der Waals surface area contributed by atoms with Crippen LogP contribution in [0.25, 0.3) is 21.6 Å². The average Bonchev–Trinajstić information content (AvgIpc) is 3.39. The van der Waals surface area contributed by atoms with Crippen LogP contribution in [0.4, 0.5) is 13.8 Å². The summed E-state index contributed by atoms with van der Waals surface area (Å²) in [4.78, 5) is 15.3. The Morgan fingerprint density at radius 3 is 2.46 bits per heavy atom. The van der Waals surface area contributed by atoms with Crippen molar-refractivity contribution >= 4 is 22.3 Å². The van der Waals surface area contributed by atoms with E-state index in [9.17, 15) is 13.6 Å². The molecule has 3 nitrogen and oxygen atoms in total. The van der Waals surface area contributed by atoms with Gasteiger partial charge in [-0.3, -0.25) is 0 Å². The fourth-order valence-corrected chi connectivity index (χ4v) is 4.82. The third-order valence-corrected chi connectivity index (χ3v) is 6.18. The van der Waals surface area contributed by atoms with Crippen LogP contribution in [0.3, 0.4) is 0 Å². The molecular formula is C22H19F2NO2S. The van der Waals surface area contributed by atoms with Gasteiger partial charge in [0.2, 0.25) is 0 Å². The van der Waals surface area contributed by atoms with E-state index in [1.807, 2.05) is 18.2 Å². The standard InChI is InChI=1S/C22H19F2NO2S/c1-27-22(26)16-8-3-2-7-15(16)21-17(14-9-6-10-18(23)20(14)24)13-19(28-21)25-11-4-5-12-25/h2-3,6-10,13H,4-5,11-12H2,1H3. The molecule has 2 heterocycles. The van der Waals surface area contributed by atoms with Gasteiger partial charge in [-0.15, -0.1) is 11.3 Å². The number of nitrogens with zero attached hydrogens (tertiary/aromatic N) is 1. The summed E-state index contributed by atoms with van der Waals surface area (Å²) in [6.07, 6.45) is 2.21. The molecular weight excluding hydrogens is 380 g/mol. The number of hydrogen-bond acceptors (Lipinski definition) is 4. The van der Waals surface area contributed by atoms with E-state index in [4.69, 9.17) is 4.74 Å². The van der Waals surface area contributed by atoms with E-state index in [-0.39, 0.29) is 5.56 Å². The highest BCUT2D eigenvalue weighted by Crippen LogP contribution is 2.45. The largest absolute Gasteiger partial charge is 0.465 e. The number of halogens is 2. The summed E-state index contributed by atoms with van der Waals surface area (Å²) in [7, 11) is 1.33. The number of carbonyl (C=O) groups excluding carboxylic acids is 1. The molecule has 144 valence electrons. The Labute approximate surface area is 166 Å². The van der Waals surface area contributed by atoms with Crippen LogP contribution in [0.1, 0.15) is 23.2 Å². The first-order valence-corrected chi connectivity index (χ1v) is 9.92. The SMILES string of the molecule is COC(=O)c1ccccc1-c1sc(N2CCCC2)cc1-c1cccc(F)c1F. The molecule has 1 aromatic heterocycles. The molecule has 0 aliphatic carbocycles. The van der Waals surface area contributed by atoms with E-state index in [0.29, 0.717) is 16.7 Å². The van der Waals surface area contributed by atoms with Crippen LogP contribution in [0, 0.1) is 11.6 Å². The van der Waals surface area contributed by atoms with Crippen molar-refractivity contribution in [2.75, 3.05) is 25.1 Å². The molecule has 1 aliphatic heterocycles. The summed E-state index contributed by atoms with van der Waals surface area (Å²) in [5, 5.41) is 0.992. The molecule has 3 aromatic rings. The maximum Gasteiger partial charge on any atom is 0.338 e. The van der Waals surface area contributed by atoms with E-state index in [2.05, 4.69) is 4.90 Å². The fourth-order valence-electron chi connectivity index (χ4n) is 3.55. The number of esters is 1. The van der Waals surface area contributed by atoms with E-state index < -0.39 is 17.6 Å². The highest BCUT2D eigenvalue weighted by molar-refractivity contribution is 7.20. The smallest absolute Gasteiger partial charge is 0.338 e. The summed E-state index contributed by atoms with van der Waals surface area (Å²) in [5.41, 5.74) is 1.83. The molecule has 1 fully saturated rings. The number of benzene rings is 2. The van der Waals surface area contributed by atoms with E-state index >= 15 is 0 Å². The summed E-state index contributed by atoms with van der Waals surface area (Å²) >= 11 is 1.49. The monoisotopic (exact) mass is 399 g/mol. The highest BCUT2D eigenvalue weighted by atomic mass is 32.1. The van der Waals surface area contributed by atoms with Crippen molar-refractivity contribution in [2.45, 2.75) is 12.8 Å². The lowest BCUT2D eigenvalue weighted by Gasteiger charge is -2.14. The van der Waals surface area contributed by atoms with Crippen LogP contribution in [0.2, 0.25) is 0 Å². The van der Waals surface area contributed by atoms with Crippen LogP contribution in [0.5, 0.6) is 0 Å². The van der Waals surface area contributed by atoms with Crippen molar-refractivity contribution in [1.82, 2.24) is 0 Å². The molecule has 4 rings (SSSR count). The number of hydrogen-bond donors (Lipinski definition) is 0. The van der Waals surface area contributed by atoms with Crippen molar-refractivity contribution in [3.63, 3.8) is 0 Å². The molecule has 0 amide bonds. The summed E-state index contributed by atoms with van der Waals surface area (Å²) in [5.74, 6) is -2.24. The first-order chi connectivity index (χ1) is 13.6. The molecule has 28 heavy (non-hydrogen) atoms. The van der Waals surface area contributed by atoms with Gasteiger partial charge in [-0.05, 0) is 31.0 Å². The summed E-state index contributed by atoms with van der Waals surface area (Å²) in [6, 6.07) is 13.1. The van der Waals surface area contributed by atoms with E-state index in [1.54, 1.807) is 18.2 Å². The first-order valence-electron chi connectivity index (χ1n) is 9.11. The lowest BCUT2D eigenvalue weighted by molar-refractivity contribution is 0.0601. The zero-order valence-electron chi connectivity index (χ0n) is 15.4. The fraction of sp³-hybridized carbons (Fsp3) is 0.227. The Morgan fingerprint density at radius 1 is 1.00 bits per heavy atom. The minimum absolute atomic E-state index is 0.191. The zero-order chi connectivity index (χ0) is 19.7.